The Hall–Kier alpha value is -1.88. The Morgan fingerprint density at radius 2 is 2.24 bits per heavy atom. The smallest absolute Gasteiger partial charge is 0.314 e. The Morgan fingerprint density at radius 1 is 1.41 bits per heavy atom. The van der Waals surface area contributed by atoms with E-state index in [1.54, 1.807) is 0 Å². The largest absolute Gasteiger partial charge is 0.392 e. The van der Waals surface area contributed by atoms with Crippen molar-refractivity contribution in [2.45, 2.75) is 6.92 Å². The minimum absolute atomic E-state index is 0.290. The van der Waals surface area contributed by atoms with Gasteiger partial charge in [-0.2, -0.15) is 0 Å². The van der Waals surface area contributed by atoms with Crippen molar-refractivity contribution in [3.63, 3.8) is 0 Å². The molecule has 5 heteroatoms. The maximum atomic E-state index is 11.0. The molecule has 1 unspecified atom stereocenters. The Bertz CT molecular complexity index is 676. The van der Waals surface area contributed by atoms with Crippen LogP contribution in [0.2, 0.25) is 0 Å². The van der Waals surface area contributed by atoms with Crippen LogP contribution < -0.4 is 10.6 Å². The first-order valence-electron chi connectivity index (χ1n) is 5.15. The standard InChI is InChI=1S/C12H10N2O2S/c1-9(15)16-17-7-6-14-8-10-4-2-3-5-11(10)13-12(14)17/h2-8H,1H3. The first kappa shape index (κ1) is 10.3. The Balaban J connectivity index is 2.16. The maximum Gasteiger partial charge on any atom is 0.314 e. The van der Waals surface area contributed by atoms with Crippen LogP contribution in [0.5, 0.6) is 0 Å². The Kier molecular flexibility index (Phi) is 2.33. The maximum absolute atomic E-state index is 11.0. The molecule has 0 saturated heterocycles. The lowest BCUT2D eigenvalue weighted by atomic mass is 10.3. The second-order valence-corrected chi connectivity index (χ2v) is 5.05. The minimum atomic E-state index is -0.667. The fourth-order valence-corrected chi connectivity index (χ4v) is 2.95. The lowest BCUT2D eigenvalue weighted by Gasteiger charge is -2.15. The summed E-state index contributed by atoms with van der Waals surface area (Å²) in [7, 11) is -0.667. The van der Waals surface area contributed by atoms with Gasteiger partial charge in [-0.25, -0.2) is 4.99 Å². The zero-order valence-corrected chi connectivity index (χ0v) is 9.98. The quantitative estimate of drug-likeness (QED) is 0.684. The number of benzene rings is 1. The predicted octanol–water partition coefficient (Wildman–Crippen LogP) is 0.679. The third-order valence-electron chi connectivity index (χ3n) is 2.38. The van der Waals surface area contributed by atoms with Crippen molar-refractivity contribution >= 4 is 28.0 Å². The highest BCUT2D eigenvalue weighted by Crippen LogP contribution is 2.28. The van der Waals surface area contributed by atoms with E-state index >= 15 is 0 Å². The molecule has 2 aliphatic rings. The highest BCUT2D eigenvalue weighted by molar-refractivity contribution is 8.14. The van der Waals surface area contributed by atoms with E-state index in [9.17, 15) is 4.79 Å². The van der Waals surface area contributed by atoms with Crippen LogP contribution in [0.15, 0.2) is 40.9 Å². The van der Waals surface area contributed by atoms with E-state index in [1.165, 1.54) is 6.92 Å². The first-order chi connectivity index (χ1) is 8.24. The molecule has 1 aromatic carbocycles. The van der Waals surface area contributed by atoms with Gasteiger partial charge in [0.25, 0.3) is 0 Å². The van der Waals surface area contributed by atoms with Gasteiger partial charge in [0.15, 0.2) is 0 Å². The fraction of sp³-hybridized carbons (Fsp3) is 0.0833. The topological polar surface area (TPSA) is 41.9 Å². The zero-order chi connectivity index (χ0) is 11.8. The molecule has 17 heavy (non-hydrogen) atoms. The molecule has 1 aromatic rings. The van der Waals surface area contributed by atoms with Crippen molar-refractivity contribution in [2.75, 3.05) is 0 Å². The van der Waals surface area contributed by atoms with E-state index in [0.29, 0.717) is 0 Å². The van der Waals surface area contributed by atoms with Crippen LogP contribution in [0.25, 0.3) is 6.20 Å². The van der Waals surface area contributed by atoms with Crippen LogP contribution in [0.1, 0.15) is 6.92 Å². The Morgan fingerprint density at radius 3 is 3.06 bits per heavy atom. The molecular formula is C12H10N2O2S. The van der Waals surface area contributed by atoms with E-state index in [2.05, 4.69) is 4.99 Å². The normalized spacial score (nSPS) is 20.2. The first-order valence-corrected chi connectivity index (χ1v) is 6.36. The van der Waals surface area contributed by atoms with Crippen molar-refractivity contribution in [1.82, 2.24) is 4.90 Å². The predicted molar refractivity (Wildman–Crippen MR) is 67.0 cm³/mol. The fourth-order valence-electron chi connectivity index (χ4n) is 1.69. The average molecular weight is 246 g/mol. The highest BCUT2D eigenvalue weighted by atomic mass is 32.2. The van der Waals surface area contributed by atoms with Crippen LogP contribution in [-0.2, 0) is 8.98 Å². The van der Waals surface area contributed by atoms with Gasteiger partial charge in [0.2, 0.25) is 5.11 Å². The molecule has 2 aliphatic heterocycles. The van der Waals surface area contributed by atoms with Crippen molar-refractivity contribution in [3.05, 3.63) is 46.4 Å². The lowest BCUT2D eigenvalue weighted by Crippen LogP contribution is -2.35. The molecule has 0 radical (unpaired) electrons. The molecule has 0 N–H and O–H groups in total. The van der Waals surface area contributed by atoms with E-state index in [0.717, 1.165) is 15.7 Å². The summed E-state index contributed by atoms with van der Waals surface area (Å²) in [5, 5.41) is 4.59. The number of para-hydroxylation sites is 1. The summed E-state index contributed by atoms with van der Waals surface area (Å²) in [6.07, 6.45) is 3.87. The van der Waals surface area contributed by atoms with E-state index < -0.39 is 10.8 Å². The van der Waals surface area contributed by atoms with Crippen molar-refractivity contribution in [3.8, 4) is 0 Å². The molecule has 0 bridgehead atoms. The summed E-state index contributed by atoms with van der Waals surface area (Å²) in [5.74, 6) is -0.290. The van der Waals surface area contributed by atoms with Crippen molar-refractivity contribution in [2.24, 2.45) is 4.99 Å². The molecule has 3 rings (SSSR count). The molecule has 0 aliphatic carbocycles. The van der Waals surface area contributed by atoms with Gasteiger partial charge in [-0.1, -0.05) is 18.2 Å². The number of nitrogens with zero attached hydrogens (tertiary/aromatic N) is 2. The molecular weight excluding hydrogens is 236 g/mol. The SMILES string of the molecule is CC(=O)OS1=C2N=c3ccccc3=CN2C=C1. The molecule has 0 saturated carbocycles. The summed E-state index contributed by atoms with van der Waals surface area (Å²) < 4.78 is 5.21. The summed E-state index contributed by atoms with van der Waals surface area (Å²) in [4.78, 5) is 17.4. The van der Waals surface area contributed by atoms with Gasteiger partial charge >= 0.3 is 5.97 Å². The summed E-state index contributed by atoms with van der Waals surface area (Å²) in [6.45, 7) is 1.41. The van der Waals surface area contributed by atoms with Crippen LogP contribution in [0.4, 0.5) is 0 Å². The van der Waals surface area contributed by atoms with Crippen molar-refractivity contribution < 1.29 is 8.98 Å². The molecule has 1 atom stereocenters. The molecule has 4 nitrogen and oxygen atoms in total. The summed E-state index contributed by atoms with van der Waals surface area (Å²) in [5.41, 5.74) is 0. The van der Waals surface area contributed by atoms with Gasteiger partial charge in [-0.15, -0.1) is 0 Å². The second kappa shape index (κ2) is 3.85. The molecule has 86 valence electrons. The number of hydrogen-bond donors (Lipinski definition) is 0. The van der Waals surface area contributed by atoms with E-state index in [4.69, 9.17) is 4.18 Å². The summed E-state index contributed by atoms with van der Waals surface area (Å²) in [6, 6.07) is 7.87. The van der Waals surface area contributed by atoms with Crippen LogP contribution in [0, 0.1) is 0 Å². The molecule has 2 heterocycles. The van der Waals surface area contributed by atoms with Gasteiger partial charge < -0.3 is 4.18 Å². The number of carbonyl (C=O) groups excluding carboxylic acids is 1. The van der Waals surface area contributed by atoms with E-state index in [-0.39, 0.29) is 5.97 Å². The van der Waals surface area contributed by atoms with Gasteiger partial charge in [0, 0.05) is 30.0 Å². The van der Waals surface area contributed by atoms with Gasteiger partial charge in [0.05, 0.1) is 16.1 Å². The summed E-state index contributed by atoms with van der Waals surface area (Å²) >= 11 is 0. The van der Waals surface area contributed by atoms with Gasteiger partial charge in [-0.3, -0.25) is 9.69 Å². The minimum Gasteiger partial charge on any atom is -0.392 e. The Labute approximate surface area is 101 Å². The van der Waals surface area contributed by atoms with Gasteiger partial charge in [0.1, 0.15) is 0 Å². The van der Waals surface area contributed by atoms with Crippen LogP contribution in [0.3, 0.4) is 0 Å². The monoisotopic (exact) mass is 246 g/mol. The lowest BCUT2D eigenvalue weighted by molar-refractivity contribution is -0.130. The average Bonchev–Trinajstić information content (AvgIpc) is 2.68. The van der Waals surface area contributed by atoms with Crippen LogP contribution in [-0.4, -0.2) is 16.0 Å². The third kappa shape index (κ3) is 1.78. The molecule has 0 amide bonds. The van der Waals surface area contributed by atoms with Crippen LogP contribution >= 0.6 is 10.8 Å². The number of carbonyl (C=O) groups is 1. The number of hydrogen-bond acceptors (Lipinski definition) is 4. The molecule has 0 fully saturated rings. The number of rotatable bonds is 1. The van der Waals surface area contributed by atoms with Gasteiger partial charge in [-0.05, 0) is 6.07 Å². The molecule has 0 spiro atoms. The van der Waals surface area contributed by atoms with Crippen molar-refractivity contribution in [1.29, 1.82) is 0 Å². The second-order valence-electron chi connectivity index (χ2n) is 3.65. The molecule has 0 aromatic heterocycles. The highest BCUT2D eigenvalue weighted by Gasteiger charge is 2.19. The zero-order valence-electron chi connectivity index (χ0n) is 9.16. The number of fused-ring (bicyclic) bond motifs is 2. The van der Waals surface area contributed by atoms with E-state index in [1.807, 2.05) is 47.0 Å². The third-order valence-corrected chi connectivity index (χ3v) is 3.83.